The number of aryl methyl sites for hydroxylation is 1. The minimum atomic E-state index is -0.545. The number of hydrogen-bond donors (Lipinski definition) is 2. The van der Waals surface area contributed by atoms with Crippen LogP contribution in [0.5, 0.6) is 5.75 Å². The number of para-hydroxylation sites is 1. The van der Waals surface area contributed by atoms with E-state index in [-0.39, 0.29) is 17.5 Å². The van der Waals surface area contributed by atoms with Crippen molar-refractivity contribution in [2.45, 2.75) is 25.4 Å². The minimum Gasteiger partial charge on any atom is -0.494 e. The SMILES string of the molecule is COc1cccc(F)c1NC(=O)N[C@@H]1CCc2ncnn2C1. The number of urea groups is 1. The van der Waals surface area contributed by atoms with Crippen LogP contribution in [0.2, 0.25) is 0 Å². The van der Waals surface area contributed by atoms with Gasteiger partial charge in [0.05, 0.1) is 19.7 Å². The molecule has 1 aliphatic rings. The minimum absolute atomic E-state index is 0.0276. The second-order valence-corrected chi connectivity index (χ2v) is 5.01. The van der Waals surface area contributed by atoms with E-state index in [1.54, 1.807) is 10.7 Å². The normalized spacial score (nSPS) is 16.7. The Kier molecular flexibility index (Phi) is 3.90. The highest BCUT2D eigenvalue weighted by molar-refractivity contribution is 5.91. The van der Waals surface area contributed by atoms with Crippen LogP contribution in [0.15, 0.2) is 24.5 Å². The van der Waals surface area contributed by atoms with Crippen LogP contribution in [0, 0.1) is 5.82 Å². The Balaban J connectivity index is 1.64. The van der Waals surface area contributed by atoms with Crippen LogP contribution >= 0.6 is 0 Å². The molecule has 0 spiro atoms. The second-order valence-electron chi connectivity index (χ2n) is 5.01. The smallest absolute Gasteiger partial charge is 0.319 e. The zero-order chi connectivity index (χ0) is 15.5. The summed E-state index contributed by atoms with van der Waals surface area (Å²) in [4.78, 5) is 16.2. The molecule has 1 aromatic heterocycles. The van der Waals surface area contributed by atoms with E-state index >= 15 is 0 Å². The van der Waals surface area contributed by atoms with Gasteiger partial charge in [0.1, 0.15) is 23.6 Å². The molecule has 2 N–H and O–H groups in total. The Morgan fingerprint density at radius 1 is 1.50 bits per heavy atom. The molecule has 0 aliphatic carbocycles. The molecule has 3 rings (SSSR count). The molecule has 8 heteroatoms. The van der Waals surface area contributed by atoms with E-state index in [0.29, 0.717) is 6.54 Å². The Hall–Kier alpha value is -2.64. The van der Waals surface area contributed by atoms with E-state index in [1.165, 1.54) is 25.6 Å². The van der Waals surface area contributed by atoms with Gasteiger partial charge >= 0.3 is 6.03 Å². The van der Waals surface area contributed by atoms with Crippen LogP contribution in [0.3, 0.4) is 0 Å². The topological polar surface area (TPSA) is 81.1 Å². The predicted octanol–water partition coefficient (Wildman–Crippen LogP) is 1.56. The molecule has 2 amide bonds. The Labute approximate surface area is 126 Å². The lowest BCUT2D eigenvalue weighted by Gasteiger charge is -2.23. The van der Waals surface area contributed by atoms with E-state index < -0.39 is 11.8 Å². The molecule has 0 fully saturated rings. The average Bonchev–Trinajstić information content (AvgIpc) is 2.97. The van der Waals surface area contributed by atoms with Crippen molar-refractivity contribution < 1.29 is 13.9 Å². The molecular formula is C14H16FN5O2. The molecule has 22 heavy (non-hydrogen) atoms. The van der Waals surface area contributed by atoms with Gasteiger partial charge in [-0.05, 0) is 18.6 Å². The number of nitrogens with one attached hydrogen (secondary N) is 2. The third-order valence-corrected chi connectivity index (χ3v) is 3.57. The van der Waals surface area contributed by atoms with Crippen LogP contribution in [0.25, 0.3) is 0 Å². The summed E-state index contributed by atoms with van der Waals surface area (Å²) >= 11 is 0. The molecule has 0 saturated carbocycles. The molecule has 1 aromatic carbocycles. The number of halogens is 1. The number of anilines is 1. The number of nitrogens with zero attached hydrogens (tertiary/aromatic N) is 3. The number of ether oxygens (including phenoxy) is 1. The van der Waals surface area contributed by atoms with E-state index in [4.69, 9.17) is 4.74 Å². The van der Waals surface area contributed by atoms with Gasteiger partial charge in [0.2, 0.25) is 0 Å². The molecule has 0 unspecified atom stereocenters. The van der Waals surface area contributed by atoms with Crippen molar-refractivity contribution in [3.63, 3.8) is 0 Å². The lowest BCUT2D eigenvalue weighted by Crippen LogP contribution is -2.43. The Morgan fingerprint density at radius 2 is 2.36 bits per heavy atom. The van der Waals surface area contributed by atoms with Gasteiger partial charge in [-0.1, -0.05) is 6.07 Å². The maximum absolute atomic E-state index is 13.8. The summed E-state index contributed by atoms with van der Waals surface area (Å²) in [6.45, 7) is 0.553. The quantitative estimate of drug-likeness (QED) is 0.902. The van der Waals surface area contributed by atoms with Crippen molar-refractivity contribution in [3.8, 4) is 5.75 Å². The largest absolute Gasteiger partial charge is 0.494 e. The Morgan fingerprint density at radius 3 is 3.18 bits per heavy atom. The highest BCUT2D eigenvalue weighted by atomic mass is 19.1. The molecule has 1 aliphatic heterocycles. The van der Waals surface area contributed by atoms with Crippen molar-refractivity contribution in [2.75, 3.05) is 12.4 Å². The first-order valence-corrected chi connectivity index (χ1v) is 6.94. The number of carbonyl (C=O) groups is 1. The van der Waals surface area contributed by atoms with Crippen molar-refractivity contribution in [2.24, 2.45) is 0 Å². The van der Waals surface area contributed by atoms with Gasteiger partial charge < -0.3 is 15.4 Å². The van der Waals surface area contributed by atoms with Crippen LogP contribution in [0.4, 0.5) is 14.9 Å². The highest BCUT2D eigenvalue weighted by Crippen LogP contribution is 2.26. The molecule has 2 heterocycles. The first kappa shape index (κ1) is 14.3. The van der Waals surface area contributed by atoms with Crippen LogP contribution in [-0.2, 0) is 13.0 Å². The lowest BCUT2D eigenvalue weighted by molar-refractivity contribution is 0.243. The highest BCUT2D eigenvalue weighted by Gasteiger charge is 2.22. The number of amides is 2. The summed E-state index contributed by atoms with van der Waals surface area (Å²) in [5.41, 5.74) is 0.0276. The van der Waals surface area contributed by atoms with Crippen LogP contribution in [-0.4, -0.2) is 33.9 Å². The average molecular weight is 305 g/mol. The van der Waals surface area contributed by atoms with Gasteiger partial charge in [0.15, 0.2) is 5.82 Å². The standard InChI is InChI=1S/C14H16FN5O2/c1-22-11-4-2-3-10(15)13(11)19-14(21)18-9-5-6-12-16-8-17-20(12)7-9/h2-4,8-9H,5-7H2,1H3,(H2,18,19,21)/t9-/m1/s1. The van der Waals surface area contributed by atoms with E-state index in [9.17, 15) is 9.18 Å². The lowest BCUT2D eigenvalue weighted by atomic mass is 10.1. The summed E-state index contributed by atoms with van der Waals surface area (Å²) in [6, 6.07) is 3.82. The van der Waals surface area contributed by atoms with Crippen molar-refractivity contribution in [1.82, 2.24) is 20.1 Å². The number of aromatic nitrogens is 3. The maximum atomic E-state index is 13.8. The number of rotatable bonds is 3. The molecule has 7 nitrogen and oxygen atoms in total. The van der Waals surface area contributed by atoms with Gasteiger partial charge in [-0.2, -0.15) is 5.10 Å². The fourth-order valence-corrected chi connectivity index (χ4v) is 2.49. The second kappa shape index (κ2) is 6.00. The van der Waals surface area contributed by atoms with Gasteiger partial charge in [-0.25, -0.2) is 18.9 Å². The zero-order valence-corrected chi connectivity index (χ0v) is 12.0. The molecule has 116 valence electrons. The van der Waals surface area contributed by atoms with E-state index in [0.717, 1.165) is 18.7 Å². The fourth-order valence-electron chi connectivity index (χ4n) is 2.49. The zero-order valence-electron chi connectivity index (χ0n) is 12.0. The first-order valence-electron chi connectivity index (χ1n) is 6.94. The molecule has 0 bridgehead atoms. The van der Waals surface area contributed by atoms with Crippen molar-refractivity contribution in [1.29, 1.82) is 0 Å². The first-order chi connectivity index (χ1) is 10.7. The number of fused-ring (bicyclic) bond motifs is 1. The van der Waals surface area contributed by atoms with Crippen molar-refractivity contribution >= 4 is 11.7 Å². The van der Waals surface area contributed by atoms with Crippen molar-refractivity contribution in [3.05, 3.63) is 36.2 Å². The maximum Gasteiger partial charge on any atom is 0.319 e. The van der Waals surface area contributed by atoms with Gasteiger partial charge in [-0.3, -0.25) is 0 Å². The molecule has 0 saturated heterocycles. The summed E-state index contributed by atoms with van der Waals surface area (Å²) in [5.74, 6) is 0.642. The van der Waals surface area contributed by atoms with E-state index in [1.807, 2.05) is 0 Å². The summed E-state index contributed by atoms with van der Waals surface area (Å²) in [5, 5.41) is 9.41. The summed E-state index contributed by atoms with van der Waals surface area (Å²) in [7, 11) is 1.42. The van der Waals surface area contributed by atoms with Gasteiger partial charge in [0.25, 0.3) is 0 Å². The summed E-state index contributed by atoms with van der Waals surface area (Å²) in [6.07, 6.45) is 3.01. The number of benzene rings is 1. The monoisotopic (exact) mass is 305 g/mol. The number of hydrogen-bond acceptors (Lipinski definition) is 4. The summed E-state index contributed by atoms with van der Waals surface area (Å²) < 4.78 is 20.6. The predicted molar refractivity (Wildman–Crippen MR) is 77.2 cm³/mol. The third kappa shape index (κ3) is 2.85. The third-order valence-electron chi connectivity index (χ3n) is 3.57. The van der Waals surface area contributed by atoms with Crippen LogP contribution < -0.4 is 15.4 Å². The number of carbonyl (C=O) groups excluding carboxylic acids is 1. The molecular weight excluding hydrogens is 289 g/mol. The van der Waals surface area contributed by atoms with Gasteiger partial charge in [0, 0.05) is 6.42 Å². The van der Waals surface area contributed by atoms with E-state index in [2.05, 4.69) is 20.7 Å². The number of methoxy groups -OCH3 is 1. The molecule has 0 radical (unpaired) electrons. The Bertz CT molecular complexity index is 688. The van der Waals surface area contributed by atoms with Gasteiger partial charge in [-0.15, -0.1) is 0 Å². The fraction of sp³-hybridized carbons (Fsp3) is 0.357. The van der Waals surface area contributed by atoms with Crippen LogP contribution in [0.1, 0.15) is 12.2 Å². The molecule has 2 aromatic rings. The molecule has 1 atom stereocenters.